The van der Waals surface area contributed by atoms with E-state index in [9.17, 15) is 4.79 Å². The number of halogens is 1. The molecule has 0 bridgehead atoms. The van der Waals surface area contributed by atoms with Crippen LogP contribution < -0.4 is 14.8 Å². The number of carbonyl (C=O) groups is 1. The van der Waals surface area contributed by atoms with Gasteiger partial charge < -0.3 is 19.4 Å². The second kappa shape index (κ2) is 6.53. The number of ether oxygens (including phenoxy) is 2. The minimum atomic E-state index is -0.151. The van der Waals surface area contributed by atoms with Gasteiger partial charge in [0, 0.05) is 22.8 Å². The number of amides is 1. The van der Waals surface area contributed by atoms with Gasteiger partial charge in [0.1, 0.15) is 25.6 Å². The van der Waals surface area contributed by atoms with E-state index in [0.29, 0.717) is 35.4 Å². The Morgan fingerprint density at radius 2 is 1.92 bits per heavy atom. The Morgan fingerprint density at radius 1 is 1.19 bits per heavy atom. The molecule has 7 heteroatoms. The van der Waals surface area contributed by atoms with E-state index in [4.69, 9.17) is 21.1 Å². The summed E-state index contributed by atoms with van der Waals surface area (Å²) in [5.41, 5.74) is 3.25. The maximum absolute atomic E-state index is 12.5. The Hall–Kier alpha value is -2.73. The maximum Gasteiger partial charge on any atom is 0.244 e. The molecule has 1 aliphatic heterocycles. The Morgan fingerprint density at radius 3 is 2.65 bits per heavy atom. The average molecular weight is 372 g/mol. The highest BCUT2D eigenvalue weighted by atomic mass is 35.5. The van der Waals surface area contributed by atoms with Crippen molar-refractivity contribution < 1.29 is 14.3 Å². The van der Waals surface area contributed by atoms with Crippen molar-refractivity contribution in [1.82, 2.24) is 9.55 Å². The molecule has 134 valence electrons. The number of nitrogens with one attached hydrogen (secondary N) is 1. The van der Waals surface area contributed by atoms with Crippen LogP contribution in [-0.4, -0.2) is 28.7 Å². The first kappa shape index (κ1) is 16.7. The number of aryl methyl sites for hydroxylation is 2. The van der Waals surface area contributed by atoms with Gasteiger partial charge in [-0.15, -0.1) is 0 Å². The van der Waals surface area contributed by atoms with Crippen molar-refractivity contribution in [2.75, 3.05) is 18.5 Å². The molecular weight excluding hydrogens is 354 g/mol. The quantitative estimate of drug-likeness (QED) is 0.762. The third-order valence-corrected chi connectivity index (χ3v) is 4.77. The summed E-state index contributed by atoms with van der Waals surface area (Å²) < 4.78 is 13.1. The molecule has 0 spiro atoms. The molecule has 0 atom stereocenters. The van der Waals surface area contributed by atoms with Crippen LogP contribution in [0, 0.1) is 13.8 Å². The first-order chi connectivity index (χ1) is 12.5. The fraction of sp³-hybridized carbons (Fsp3) is 0.263. The zero-order chi connectivity index (χ0) is 18.3. The van der Waals surface area contributed by atoms with E-state index in [1.165, 1.54) is 0 Å². The third-order valence-electron chi connectivity index (χ3n) is 4.36. The molecule has 1 aliphatic rings. The van der Waals surface area contributed by atoms with Crippen LogP contribution >= 0.6 is 11.6 Å². The maximum atomic E-state index is 12.5. The first-order valence-corrected chi connectivity index (χ1v) is 8.71. The number of hydrogen-bond donors (Lipinski definition) is 1. The van der Waals surface area contributed by atoms with Crippen LogP contribution in [0.5, 0.6) is 11.5 Å². The lowest BCUT2D eigenvalue weighted by atomic mass is 10.2. The fourth-order valence-electron chi connectivity index (χ4n) is 3.00. The van der Waals surface area contributed by atoms with E-state index in [-0.39, 0.29) is 12.5 Å². The van der Waals surface area contributed by atoms with Crippen molar-refractivity contribution in [1.29, 1.82) is 0 Å². The standard InChI is InChI=1S/C19H18ClN3O3/c1-11-3-4-13(7-14(11)20)22-19(24)10-23-12(2)21-15-8-17-18(9-16(15)23)26-6-5-25-17/h3-4,7-9H,5-6,10H2,1-2H3,(H,22,24). The van der Waals surface area contributed by atoms with Gasteiger partial charge in [0.15, 0.2) is 11.5 Å². The molecule has 0 saturated heterocycles. The van der Waals surface area contributed by atoms with Crippen molar-refractivity contribution in [3.8, 4) is 11.5 Å². The van der Waals surface area contributed by atoms with Crippen molar-refractivity contribution >= 4 is 34.2 Å². The smallest absolute Gasteiger partial charge is 0.244 e. The van der Waals surface area contributed by atoms with Gasteiger partial charge in [-0.3, -0.25) is 4.79 Å². The highest BCUT2D eigenvalue weighted by Gasteiger charge is 2.18. The van der Waals surface area contributed by atoms with Gasteiger partial charge in [-0.05, 0) is 31.5 Å². The molecule has 2 heterocycles. The van der Waals surface area contributed by atoms with Crippen LogP contribution in [0.2, 0.25) is 5.02 Å². The molecule has 0 aliphatic carbocycles. The minimum absolute atomic E-state index is 0.146. The lowest BCUT2D eigenvalue weighted by Gasteiger charge is -2.18. The fourth-order valence-corrected chi connectivity index (χ4v) is 3.18. The van der Waals surface area contributed by atoms with E-state index in [0.717, 1.165) is 22.4 Å². The number of nitrogens with zero attached hydrogens (tertiary/aromatic N) is 2. The van der Waals surface area contributed by atoms with Crippen LogP contribution in [0.15, 0.2) is 30.3 Å². The predicted molar refractivity (Wildman–Crippen MR) is 100 cm³/mol. The summed E-state index contributed by atoms with van der Waals surface area (Å²) in [7, 11) is 0. The van der Waals surface area contributed by atoms with Crippen molar-refractivity contribution in [2.45, 2.75) is 20.4 Å². The van der Waals surface area contributed by atoms with Gasteiger partial charge >= 0.3 is 0 Å². The lowest BCUT2D eigenvalue weighted by molar-refractivity contribution is -0.116. The normalized spacial score (nSPS) is 13.0. The minimum Gasteiger partial charge on any atom is -0.486 e. The number of benzene rings is 2. The summed E-state index contributed by atoms with van der Waals surface area (Å²) in [5.74, 6) is 1.96. The van der Waals surface area contributed by atoms with E-state index < -0.39 is 0 Å². The van der Waals surface area contributed by atoms with E-state index in [2.05, 4.69) is 10.3 Å². The number of rotatable bonds is 3. The van der Waals surface area contributed by atoms with Crippen LogP contribution in [0.25, 0.3) is 11.0 Å². The number of fused-ring (bicyclic) bond motifs is 2. The predicted octanol–water partition coefficient (Wildman–Crippen LogP) is 3.72. The van der Waals surface area contributed by atoms with Gasteiger partial charge in [-0.1, -0.05) is 17.7 Å². The highest BCUT2D eigenvalue weighted by molar-refractivity contribution is 6.31. The molecule has 2 aromatic carbocycles. The Kier molecular flexibility index (Phi) is 4.20. The van der Waals surface area contributed by atoms with Crippen molar-refractivity contribution in [2.24, 2.45) is 0 Å². The van der Waals surface area contributed by atoms with Crippen LogP contribution in [0.1, 0.15) is 11.4 Å². The number of anilines is 1. The lowest BCUT2D eigenvalue weighted by Crippen LogP contribution is -2.19. The van der Waals surface area contributed by atoms with E-state index in [1.807, 2.05) is 42.7 Å². The summed E-state index contributed by atoms with van der Waals surface area (Å²) >= 11 is 6.12. The molecule has 4 rings (SSSR count). The molecule has 6 nitrogen and oxygen atoms in total. The number of imidazole rings is 1. The molecule has 0 unspecified atom stereocenters. The molecule has 0 fully saturated rings. The van der Waals surface area contributed by atoms with E-state index >= 15 is 0 Å². The molecule has 3 aromatic rings. The summed E-state index contributed by atoms with van der Waals surface area (Å²) in [4.78, 5) is 17.0. The first-order valence-electron chi connectivity index (χ1n) is 8.34. The average Bonchev–Trinajstić information content (AvgIpc) is 2.91. The van der Waals surface area contributed by atoms with Crippen molar-refractivity contribution in [3.05, 3.63) is 46.7 Å². The highest BCUT2D eigenvalue weighted by Crippen LogP contribution is 2.34. The zero-order valence-electron chi connectivity index (χ0n) is 14.5. The molecule has 0 radical (unpaired) electrons. The molecule has 1 amide bonds. The molecule has 1 N–H and O–H groups in total. The number of aromatic nitrogens is 2. The van der Waals surface area contributed by atoms with Crippen LogP contribution in [-0.2, 0) is 11.3 Å². The molecule has 0 saturated carbocycles. The van der Waals surface area contributed by atoms with Gasteiger partial charge in [0.2, 0.25) is 5.91 Å². The summed E-state index contributed by atoms with van der Waals surface area (Å²) in [6.45, 7) is 4.98. The summed E-state index contributed by atoms with van der Waals surface area (Å²) in [6.07, 6.45) is 0. The van der Waals surface area contributed by atoms with Crippen LogP contribution in [0.4, 0.5) is 5.69 Å². The summed E-state index contributed by atoms with van der Waals surface area (Å²) in [5, 5.41) is 3.50. The van der Waals surface area contributed by atoms with Gasteiger partial charge in [-0.25, -0.2) is 4.98 Å². The Labute approximate surface area is 155 Å². The molecule has 26 heavy (non-hydrogen) atoms. The third kappa shape index (κ3) is 3.08. The van der Waals surface area contributed by atoms with Crippen LogP contribution in [0.3, 0.4) is 0 Å². The zero-order valence-corrected chi connectivity index (χ0v) is 15.3. The largest absolute Gasteiger partial charge is 0.486 e. The molecular formula is C19H18ClN3O3. The van der Waals surface area contributed by atoms with E-state index in [1.54, 1.807) is 6.07 Å². The monoisotopic (exact) mass is 371 g/mol. The Balaban J connectivity index is 1.60. The number of hydrogen-bond acceptors (Lipinski definition) is 4. The Bertz CT molecular complexity index is 1010. The second-order valence-electron chi connectivity index (χ2n) is 6.24. The molecule has 1 aromatic heterocycles. The summed E-state index contributed by atoms with van der Waals surface area (Å²) in [6, 6.07) is 9.18. The van der Waals surface area contributed by atoms with Gasteiger partial charge in [0.05, 0.1) is 11.0 Å². The van der Waals surface area contributed by atoms with Gasteiger partial charge in [-0.2, -0.15) is 0 Å². The topological polar surface area (TPSA) is 65.4 Å². The SMILES string of the molecule is Cc1ccc(NC(=O)Cn2c(C)nc3cc4c(cc32)OCCO4)cc1Cl. The van der Waals surface area contributed by atoms with Crippen molar-refractivity contribution in [3.63, 3.8) is 0 Å². The number of carbonyl (C=O) groups excluding carboxylic acids is 1. The van der Waals surface area contributed by atoms with Gasteiger partial charge in [0.25, 0.3) is 0 Å². The second-order valence-corrected chi connectivity index (χ2v) is 6.65.